The molecule has 0 spiro atoms. The quantitative estimate of drug-likeness (QED) is 0.630. The predicted octanol–water partition coefficient (Wildman–Crippen LogP) is 5.63. The van der Waals surface area contributed by atoms with E-state index in [9.17, 15) is 0 Å². The summed E-state index contributed by atoms with van der Waals surface area (Å²) in [5, 5.41) is 0. The van der Waals surface area contributed by atoms with E-state index < -0.39 is 0 Å². The lowest BCUT2D eigenvalue weighted by Gasteiger charge is -2.34. The van der Waals surface area contributed by atoms with Crippen molar-refractivity contribution in [3.05, 3.63) is 120 Å². The molecule has 1 aliphatic heterocycles. The molecule has 0 fully saturated rings. The molecule has 2 nitrogen and oxygen atoms in total. The van der Waals surface area contributed by atoms with E-state index in [4.69, 9.17) is 4.99 Å². The standard InChI is InChI=1S/C26H21N.CH5N/c1-3-9-19(10-4-1)21-13-7-14-22(17-21)25-23-15-8-16-24(25)26(27-18-23)20-11-5-2-6-12-20;1-2/h1-17,23,25H,18H2;2H2,1H3. The minimum Gasteiger partial charge on any atom is -0.333 e. The third-order valence-corrected chi connectivity index (χ3v) is 5.53. The molecule has 0 radical (unpaired) electrons. The predicted molar refractivity (Wildman–Crippen MR) is 123 cm³/mol. The topological polar surface area (TPSA) is 38.4 Å². The largest absolute Gasteiger partial charge is 0.333 e. The molecule has 2 bridgehead atoms. The Balaban J connectivity index is 0.000000994. The Hall–Kier alpha value is -3.23. The van der Waals surface area contributed by atoms with Crippen molar-refractivity contribution in [3.63, 3.8) is 0 Å². The zero-order valence-electron chi connectivity index (χ0n) is 16.7. The van der Waals surface area contributed by atoms with E-state index in [0.717, 1.165) is 12.3 Å². The summed E-state index contributed by atoms with van der Waals surface area (Å²) in [5.41, 5.74) is 12.1. The van der Waals surface area contributed by atoms with Crippen LogP contribution in [-0.2, 0) is 0 Å². The molecule has 3 aromatic rings. The van der Waals surface area contributed by atoms with Gasteiger partial charge in [0.05, 0.1) is 5.71 Å². The van der Waals surface area contributed by atoms with Crippen LogP contribution in [0.3, 0.4) is 0 Å². The van der Waals surface area contributed by atoms with Crippen LogP contribution in [0.15, 0.2) is 114 Å². The number of nitrogens with two attached hydrogens (primary N) is 1. The molecule has 0 aromatic heterocycles. The van der Waals surface area contributed by atoms with Gasteiger partial charge in [-0.25, -0.2) is 0 Å². The molecule has 3 aromatic carbocycles. The first-order valence-electron chi connectivity index (χ1n) is 10.1. The minimum absolute atomic E-state index is 0.367. The van der Waals surface area contributed by atoms with Gasteiger partial charge in [0.2, 0.25) is 0 Å². The van der Waals surface area contributed by atoms with Crippen molar-refractivity contribution in [1.82, 2.24) is 0 Å². The summed E-state index contributed by atoms with van der Waals surface area (Å²) in [4.78, 5) is 4.94. The minimum atomic E-state index is 0.367. The van der Waals surface area contributed by atoms with Crippen molar-refractivity contribution in [1.29, 1.82) is 0 Å². The monoisotopic (exact) mass is 378 g/mol. The normalized spacial score (nSPS) is 19.5. The smallest absolute Gasteiger partial charge is 0.0685 e. The molecule has 0 saturated heterocycles. The number of fused-ring (bicyclic) bond motifs is 2. The molecule has 2 aliphatic rings. The van der Waals surface area contributed by atoms with E-state index in [0.29, 0.717) is 11.8 Å². The van der Waals surface area contributed by atoms with Crippen LogP contribution in [0.5, 0.6) is 0 Å². The van der Waals surface area contributed by atoms with Gasteiger partial charge >= 0.3 is 0 Å². The zero-order valence-corrected chi connectivity index (χ0v) is 16.7. The lowest BCUT2D eigenvalue weighted by atomic mass is 9.72. The second kappa shape index (κ2) is 8.85. The van der Waals surface area contributed by atoms with Crippen LogP contribution in [0.25, 0.3) is 11.1 Å². The molecule has 2 N–H and O–H groups in total. The van der Waals surface area contributed by atoms with Crippen molar-refractivity contribution in [3.8, 4) is 11.1 Å². The molecule has 2 unspecified atom stereocenters. The van der Waals surface area contributed by atoms with Crippen molar-refractivity contribution in [2.75, 3.05) is 13.6 Å². The van der Waals surface area contributed by atoms with Crippen LogP contribution >= 0.6 is 0 Å². The summed E-state index contributed by atoms with van der Waals surface area (Å²) in [6.45, 7) is 0.846. The van der Waals surface area contributed by atoms with Gasteiger partial charge < -0.3 is 5.73 Å². The van der Waals surface area contributed by atoms with Crippen LogP contribution in [0.4, 0.5) is 0 Å². The summed E-state index contributed by atoms with van der Waals surface area (Å²) in [7, 11) is 1.50. The van der Waals surface area contributed by atoms with Crippen LogP contribution < -0.4 is 5.73 Å². The summed E-state index contributed by atoms with van der Waals surface area (Å²) in [6, 6.07) is 30.2. The molecule has 1 heterocycles. The van der Waals surface area contributed by atoms with Gasteiger partial charge in [-0.3, -0.25) is 4.99 Å². The first-order valence-corrected chi connectivity index (χ1v) is 10.1. The molecule has 2 heteroatoms. The Kier molecular flexibility index (Phi) is 5.83. The first kappa shape index (κ1) is 19.1. The van der Waals surface area contributed by atoms with E-state index in [-0.39, 0.29) is 0 Å². The third kappa shape index (κ3) is 3.85. The van der Waals surface area contributed by atoms with Gasteiger partial charge in [0.15, 0.2) is 0 Å². The van der Waals surface area contributed by atoms with Gasteiger partial charge in [0, 0.05) is 18.4 Å². The Labute approximate surface area is 173 Å². The number of nitrogens with zero attached hydrogens (tertiary/aromatic N) is 1. The Morgan fingerprint density at radius 2 is 1.41 bits per heavy atom. The van der Waals surface area contributed by atoms with Gasteiger partial charge in [0.1, 0.15) is 0 Å². The number of aliphatic imine (C=N–C) groups is 1. The fourth-order valence-electron chi connectivity index (χ4n) is 4.25. The van der Waals surface area contributed by atoms with Crippen LogP contribution in [0.2, 0.25) is 0 Å². The van der Waals surface area contributed by atoms with Gasteiger partial charge in [0.25, 0.3) is 0 Å². The van der Waals surface area contributed by atoms with Crippen molar-refractivity contribution in [2.45, 2.75) is 5.92 Å². The van der Waals surface area contributed by atoms with Gasteiger partial charge in [-0.05, 0) is 34.9 Å². The average Bonchev–Trinajstić information content (AvgIpc) is 2.81. The zero-order chi connectivity index (χ0) is 20.1. The molecule has 5 rings (SSSR count). The molecule has 0 saturated carbocycles. The number of hydrogen-bond donors (Lipinski definition) is 1. The van der Waals surface area contributed by atoms with Gasteiger partial charge in [-0.1, -0.05) is 103 Å². The Morgan fingerprint density at radius 3 is 2.14 bits per heavy atom. The summed E-state index contributed by atoms with van der Waals surface area (Å²) in [6.07, 6.45) is 6.77. The molecular weight excluding hydrogens is 352 g/mol. The molecular formula is C27H26N2. The fraction of sp³-hybridized carbons (Fsp3) is 0.148. The average molecular weight is 379 g/mol. The highest BCUT2D eigenvalue weighted by Gasteiger charge is 2.33. The number of rotatable bonds is 3. The highest BCUT2D eigenvalue weighted by molar-refractivity contribution is 6.14. The molecule has 29 heavy (non-hydrogen) atoms. The summed E-state index contributed by atoms with van der Waals surface area (Å²) >= 11 is 0. The van der Waals surface area contributed by atoms with Crippen LogP contribution in [-0.4, -0.2) is 19.3 Å². The number of allylic oxidation sites excluding steroid dienone is 3. The van der Waals surface area contributed by atoms with Crippen molar-refractivity contribution < 1.29 is 0 Å². The van der Waals surface area contributed by atoms with E-state index in [2.05, 4.69) is 109 Å². The third-order valence-electron chi connectivity index (χ3n) is 5.53. The molecule has 0 amide bonds. The number of hydrogen-bond acceptors (Lipinski definition) is 2. The Bertz CT molecular complexity index is 1050. The lowest BCUT2D eigenvalue weighted by Crippen LogP contribution is -2.28. The van der Waals surface area contributed by atoms with E-state index in [1.54, 1.807) is 0 Å². The lowest BCUT2D eigenvalue weighted by molar-refractivity contribution is 0.563. The van der Waals surface area contributed by atoms with Gasteiger partial charge in [-0.15, -0.1) is 0 Å². The molecule has 1 aliphatic carbocycles. The summed E-state index contributed by atoms with van der Waals surface area (Å²) < 4.78 is 0. The highest BCUT2D eigenvalue weighted by Crippen LogP contribution is 2.41. The maximum atomic E-state index is 4.94. The highest BCUT2D eigenvalue weighted by atomic mass is 14.8. The van der Waals surface area contributed by atoms with Crippen LogP contribution in [0, 0.1) is 5.92 Å². The van der Waals surface area contributed by atoms with Crippen molar-refractivity contribution in [2.24, 2.45) is 16.6 Å². The Morgan fingerprint density at radius 1 is 0.759 bits per heavy atom. The van der Waals surface area contributed by atoms with E-state index in [1.165, 1.54) is 34.9 Å². The van der Waals surface area contributed by atoms with Crippen molar-refractivity contribution >= 4 is 5.71 Å². The second-order valence-electron chi connectivity index (χ2n) is 7.20. The summed E-state index contributed by atoms with van der Waals surface area (Å²) in [5.74, 6) is 0.801. The maximum absolute atomic E-state index is 4.94. The second-order valence-corrected chi connectivity index (χ2v) is 7.20. The molecule has 144 valence electrons. The SMILES string of the molecule is C1=CC2CN=C(c3ccccc3)C(=C1)C2c1cccc(-c2ccccc2)c1.CN. The maximum Gasteiger partial charge on any atom is 0.0685 e. The van der Waals surface area contributed by atoms with E-state index in [1.807, 2.05) is 0 Å². The fourth-order valence-corrected chi connectivity index (χ4v) is 4.25. The molecule has 2 atom stereocenters. The van der Waals surface area contributed by atoms with Gasteiger partial charge in [-0.2, -0.15) is 0 Å². The first-order chi connectivity index (χ1) is 14.4. The van der Waals surface area contributed by atoms with E-state index >= 15 is 0 Å². The number of benzene rings is 3. The van der Waals surface area contributed by atoms with Crippen LogP contribution in [0.1, 0.15) is 17.0 Å².